The molecule has 0 atom stereocenters. The van der Waals surface area contributed by atoms with E-state index in [0.717, 1.165) is 23.3 Å². The maximum absolute atomic E-state index is 11.7. The lowest BCUT2D eigenvalue weighted by atomic mass is 10.0. The Bertz CT molecular complexity index is 344. The van der Waals surface area contributed by atoms with Gasteiger partial charge in [0.05, 0.1) is 0 Å². The lowest BCUT2D eigenvalue weighted by molar-refractivity contribution is 0.0979. The number of benzene rings is 1. The fourth-order valence-electron chi connectivity index (χ4n) is 1.66. The van der Waals surface area contributed by atoms with Crippen molar-refractivity contribution in [1.82, 2.24) is 0 Å². The number of Topliss-reactive ketones (excluding diaryl/α,β-unsaturated/α-hetero) is 1. The van der Waals surface area contributed by atoms with Gasteiger partial charge in [-0.2, -0.15) is 0 Å². The minimum absolute atomic E-state index is 0.318. The molecule has 0 fully saturated rings. The summed E-state index contributed by atoms with van der Waals surface area (Å²) >= 11 is 1.81. The van der Waals surface area contributed by atoms with Crippen molar-refractivity contribution in [2.24, 2.45) is 0 Å². The van der Waals surface area contributed by atoms with Gasteiger partial charge in [0, 0.05) is 16.9 Å². The van der Waals surface area contributed by atoms with Crippen LogP contribution in [0.5, 0.6) is 0 Å². The second-order valence-corrected chi connectivity index (χ2v) is 4.46. The molecule has 0 saturated heterocycles. The zero-order chi connectivity index (χ0) is 9.26. The van der Waals surface area contributed by atoms with E-state index in [9.17, 15) is 4.79 Å². The lowest BCUT2D eigenvalue weighted by Gasteiger charge is -2.06. The summed E-state index contributed by atoms with van der Waals surface area (Å²) in [4.78, 5) is 12.9. The number of rotatable bonds is 0. The lowest BCUT2D eigenvalue weighted by Crippen LogP contribution is -2.01. The molecule has 0 aromatic heterocycles. The summed E-state index contributed by atoms with van der Waals surface area (Å²) in [5.41, 5.74) is 2.09. The summed E-state index contributed by atoms with van der Waals surface area (Å²) in [6.07, 6.45) is 1.72. The van der Waals surface area contributed by atoms with Crippen molar-refractivity contribution in [1.29, 1.82) is 0 Å². The molecule has 68 valence electrons. The van der Waals surface area contributed by atoms with Crippen LogP contribution in [-0.4, -0.2) is 11.5 Å². The van der Waals surface area contributed by atoms with Crippen LogP contribution >= 0.6 is 11.8 Å². The molecule has 1 heterocycles. The molecule has 1 aliphatic rings. The van der Waals surface area contributed by atoms with Gasteiger partial charge >= 0.3 is 0 Å². The number of carbonyl (C=O) groups is 1. The molecule has 0 radical (unpaired) electrons. The van der Waals surface area contributed by atoms with Gasteiger partial charge < -0.3 is 0 Å². The van der Waals surface area contributed by atoms with Gasteiger partial charge in [0.1, 0.15) is 0 Å². The predicted octanol–water partition coefficient (Wildman–Crippen LogP) is 3.06. The Morgan fingerprint density at radius 3 is 3.08 bits per heavy atom. The summed E-state index contributed by atoms with van der Waals surface area (Å²) < 4.78 is 0. The molecule has 0 saturated carbocycles. The van der Waals surface area contributed by atoms with E-state index in [1.54, 1.807) is 11.8 Å². The smallest absolute Gasteiger partial charge is 0.164 e. The Morgan fingerprint density at radius 1 is 1.38 bits per heavy atom. The Morgan fingerprint density at radius 2 is 2.23 bits per heavy atom. The van der Waals surface area contributed by atoms with Crippen LogP contribution in [0.25, 0.3) is 0 Å². The van der Waals surface area contributed by atoms with Crippen LogP contribution in [0.2, 0.25) is 0 Å². The van der Waals surface area contributed by atoms with Crippen molar-refractivity contribution >= 4 is 17.5 Å². The third kappa shape index (κ3) is 1.63. The second kappa shape index (κ2) is 3.54. The van der Waals surface area contributed by atoms with Gasteiger partial charge in [0.2, 0.25) is 0 Å². The quantitative estimate of drug-likeness (QED) is 0.628. The van der Waals surface area contributed by atoms with Crippen LogP contribution < -0.4 is 0 Å². The van der Waals surface area contributed by atoms with Gasteiger partial charge in [-0.1, -0.05) is 12.1 Å². The molecule has 0 bridgehead atoms. The second-order valence-electron chi connectivity index (χ2n) is 3.32. The third-order valence-electron chi connectivity index (χ3n) is 2.32. The van der Waals surface area contributed by atoms with Gasteiger partial charge in [0.15, 0.2) is 5.78 Å². The van der Waals surface area contributed by atoms with E-state index in [-0.39, 0.29) is 0 Å². The molecule has 2 rings (SSSR count). The summed E-state index contributed by atoms with van der Waals surface area (Å²) in [7, 11) is 0. The van der Waals surface area contributed by atoms with E-state index in [1.807, 2.05) is 19.1 Å². The summed E-state index contributed by atoms with van der Waals surface area (Å²) in [6.45, 7) is 2.02. The molecule has 1 aromatic carbocycles. The van der Waals surface area contributed by atoms with E-state index in [4.69, 9.17) is 0 Å². The number of ketones is 1. The maximum atomic E-state index is 11.7. The summed E-state index contributed by atoms with van der Waals surface area (Å²) in [5, 5.41) is 0. The zero-order valence-corrected chi connectivity index (χ0v) is 8.49. The van der Waals surface area contributed by atoms with Gasteiger partial charge in [-0.15, -0.1) is 11.8 Å². The highest BCUT2D eigenvalue weighted by Gasteiger charge is 2.17. The first-order valence-electron chi connectivity index (χ1n) is 4.54. The molecule has 1 aromatic rings. The first-order valence-corrected chi connectivity index (χ1v) is 5.53. The van der Waals surface area contributed by atoms with Gasteiger partial charge in [-0.3, -0.25) is 4.79 Å². The number of hydrogen-bond donors (Lipinski definition) is 0. The largest absolute Gasteiger partial charge is 0.294 e. The van der Waals surface area contributed by atoms with Gasteiger partial charge in [-0.05, 0) is 30.7 Å². The highest BCUT2D eigenvalue weighted by molar-refractivity contribution is 7.99. The highest BCUT2D eigenvalue weighted by atomic mass is 32.2. The van der Waals surface area contributed by atoms with Crippen molar-refractivity contribution < 1.29 is 4.79 Å². The number of fused-ring (bicyclic) bond motifs is 1. The standard InChI is InChI=1S/C11H12OS/c1-8-4-2-6-10-11(8)9(12)5-3-7-13-10/h2,4,6H,3,5,7H2,1H3. The van der Waals surface area contributed by atoms with Crippen molar-refractivity contribution in [2.45, 2.75) is 24.7 Å². The normalized spacial score (nSPS) is 16.5. The Kier molecular flexibility index (Phi) is 2.40. The fourth-order valence-corrected chi connectivity index (χ4v) is 2.76. The van der Waals surface area contributed by atoms with Crippen LogP contribution in [0.3, 0.4) is 0 Å². The molecule has 0 N–H and O–H groups in total. The van der Waals surface area contributed by atoms with Gasteiger partial charge in [-0.25, -0.2) is 0 Å². The molecule has 0 amide bonds. The van der Waals surface area contributed by atoms with Crippen molar-refractivity contribution in [3.8, 4) is 0 Å². The summed E-state index contributed by atoms with van der Waals surface area (Å²) in [6, 6.07) is 6.10. The van der Waals surface area contributed by atoms with E-state index < -0.39 is 0 Å². The Balaban J connectivity index is 2.55. The highest BCUT2D eigenvalue weighted by Crippen LogP contribution is 2.30. The molecule has 0 aliphatic carbocycles. The molecule has 2 heteroatoms. The van der Waals surface area contributed by atoms with E-state index in [2.05, 4.69) is 6.07 Å². The topological polar surface area (TPSA) is 17.1 Å². The first-order chi connectivity index (χ1) is 6.29. The molecule has 0 unspecified atom stereocenters. The average molecular weight is 192 g/mol. The van der Waals surface area contributed by atoms with Crippen molar-refractivity contribution in [3.05, 3.63) is 29.3 Å². The fraction of sp³-hybridized carbons (Fsp3) is 0.364. The minimum atomic E-state index is 0.318. The van der Waals surface area contributed by atoms with E-state index in [1.165, 1.54) is 4.90 Å². The monoisotopic (exact) mass is 192 g/mol. The first kappa shape index (κ1) is 8.82. The minimum Gasteiger partial charge on any atom is -0.294 e. The van der Waals surface area contributed by atoms with Crippen LogP contribution in [-0.2, 0) is 0 Å². The van der Waals surface area contributed by atoms with Crippen LogP contribution in [0, 0.1) is 6.92 Å². The zero-order valence-electron chi connectivity index (χ0n) is 7.67. The molecule has 13 heavy (non-hydrogen) atoms. The number of thioether (sulfide) groups is 1. The third-order valence-corrected chi connectivity index (χ3v) is 3.46. The van der Waals surface area contributed by atoms with Crippen LogP contribution in [0.1, 0.15) is 28.8 Å². The molecule has 0 spiro atoms. The maximum Gasteiger partial charge on any atom is 0.164 e. The molecule has 1 aliphatic heterocycles. The van der Waals surface area contributed by atoms with E-state index >= 15 is 0 Å². The number of carbonyl (C=O) groups excluding carboxylic acids is 1. The van der Waals surface area contributed by atoms with E-state index in [0.29, 0.717) is 12.2 Å². The van der Waals surface area contributed by atoms with Crippen LogP contribution in [0.4, 0.5) is 0 Å². The number of hydrogen-bond acceptors (Lipinski definition) is 2. The Hall–Kier alpha value is -0.760. The molecule has 1 nitrogen and oxygen atoms in total. The molecular formula is C11H12OS. The molecular weight excluding hydrogens is 180 g/mol. The van der Waals surface area contributed by atoms with Gasteiger partial charge in [0.25, 0.3) is 0 Å². The SMILES string of the molecule is Cc1cccc2c1C(=O)CCCS2. The average Bonchev–Trinajstić information content (AvgIpc) is 2.29. The summed E-state index contributed by atoms with van der Waals surface area (Å²) in [5.74, 6) is 1.39. The van der Waals surface area contributed by atoms with Crippen molar-refractivity contribution in [3.63, 3.8) is 0 Å². The number of aryl methyl sites for hydroxylation is 1. The predicted molar refractivity (Wildman–Crippen MR) is 55.5 cm³/mol. The Labute approximate surface area is 82.5 Å². The van der Waals surface area contributed by atoms with Crippen molar-refractivity contribution in [2.75, 3.05) is 5.75 Å². The van der Waals surface area contributed by atoms with Crippen LogP contribution in [0.15, 0.2) is 23.1 Å².